The minimum Gasteiger partial charge on any atom is -0.349 e. The van der Waals surface area contributed by atoms with E-state index in [-0.39, 0.29) is 11.8 Å². The molecule has 1 aliphatic carbocycles. The Morgan fingerprint density at radius 3 is 2.61 bits per heavy atom. The van der Waals surface area contributed by atoms with Crippen molar-refractivity contribution in [1.29, 1.82) is 0 Å². The third kappa shape index (κ3) is 4.29. The molecule has 0 bridgehead atoms. The molecule has 1 N–H and O–H groups in total. The Bertz CT molecular complexity index is 1100. The number of thiophene rings is 1. The van der Waals surface area contributed by atoms with E-state index in [4.69, 9.17) is 0 Å². The van der Waals surface area contributed by atoms with E-state index in [0.717, 1.165) is 46.9 Å². The molecule has 1 aromatic carbocycles. The van der Waals surface area contributed by atoms with Crippen LogP contribution in [0, 0.1) is 0 Å². The van der Waals surface area contributed by atoms with E-state index >= 15 is 0 Å². The molecule has 0 radical (unpaired) electrons. The van der Waals surface area contributed by atoms with Crippen molar-refractivity contribution in [3.05, 3.63) is 75.9 Å². The largest absolute Gasteiger partial charge is 0.349 e. The Morgan fingerprint density at radius 2 is 1.90 bits per heavy atom. The summed E-state index contributed by atoms with van der Waals surface area (Å²) < 4.78 is 2.06. The number of aromatic nitrogens is 1. The molecule has 2 amide bonds. The second-order valence-electron chi connectivity index (χ2n) is 8.18. The van der Waals surface area contributed by atoms with Gasteiger partial charge < -0.3 is 14.8 Å². The average molecular weight is 452 g/mol. The Labute approximate surface area is 190 Å². The zero-order chi connectivity index (χ0) is 21.4. The van der Waals surface area contributed by atoms with E-state index in [2.05, 4.69) is 9.88 Å². The molecule has 3 heterocycles. The maximum Gasteiger partial charge on any atom is 0.257 e. The summed E-state index contributed by atoms with van der Waals surface area (Å²) in [4.78, 5) is 28.9. The van der Waals surface area contributed by atoms with E-state index in [1.165, 1.54) is 10.4 Å². The zero-order valence-corrected chi connectivity index (χ0v) is 19.1. The minimum atomic E-state index is -0.0161. The lowest BCUT2D eigenvalue weighted by Gasteiger charge is -2.20. The molecule has 1 aliphatic heterocycles. The highest BCUT2D eigenvalue weighted by molar-refractivity contribution is 7.98. The van der Waals surface area contributed by atoms with Gasteiger partial charge in [-0.25, -0.2) is 0 Å². The maximum atomic E-state index is 13.5. The van der Waals surface area contributed by atoms with Gasteiger partial charge in [0.05, 0.1) is 5.56 Å². The highest BCUT2D eigenvalue weighted by atomic mass is 32.2. The summed E-state index contributed by atoms with van der Waals surface area (Å²) in [5, 5.41) is 4.02. The van der Waals surface area contributed by atoms with Crippen LogP contribution in [0.3, 0.4) is 0 Å². The highest BCUT2D eigenvalue weighted by Gasteiger charge is 2.28. The first kappa shape index (κ1) is 20.4. The SMILES string of the molecule is CN(Cc1ccc(C(=O)NC2CC2)cc1)C(=O)c1c(-n2cccc2)sc2c1CCSC2. The molecule has 2 aromatic heterocycles. The first-order valence-electron chi connectivity index (χ1n) is 10.6. The molecule has 7 heteroatoms. The summed E-state index contributed by atoms with van der Waals surface area (Å²) in [6.07, 6.45) is 7.11. The third-order valence-corrected chi connectivity index (χ3v) is 8.16. The topological polar surface area (TPSA) is 54.3 Å². The summed E-state index contributed by atoms with van der Waals surface area (Å²) >= 11 is 3.67. The minimum absolute atomic E-state index is 0.0161. The van der Waals surface area contributed by atoms with Gasteiger partial charge in [0.15, 0.2) is 0 Å². The maximum absolute atomic E-state index is 13.5. The van der Waals surface area contributed by atoms with Crippen molar-refractivity contribution < 1.29 is 9.59 Å². The van der Waals surface area contributed by atoms with Crippen LogP contribution in [0.2, 0.25) is 0 Å². The number of hydrogen-bond donors (Lipinski definition) is 1. The van der Waals surface area contributed by atoms with Gasteiger partial charge in [0.25, 0.3) is 11.8 Å². The number of carbonyl (C=O) groups is 2. The molecule has 0 spiro atoms. The molecule has 5 rings (SSSR count). The highest BCUT2D eigenvalue weighted by Crippen LogP contribution is 2.39. The molecule has 5 nitrogen and oxygen atoms in total. The van der Waals surface area contributed by atoms with Crippen molar-refractivity contribution in [3.63, 3.8) is 0 Å². The summed E-state index contributed by atoms with van der Waals surface area (Å²) in [6, 6.07) is 11.9. The molecule has 1 saturated carbocycles. The third-order valence-electron chi connectivity index (χ3n) is 5.75. The number of amides is 2. The summed E-state index contributed by atoms with van der Waals surface area (Å²) in [5.41, 5.74) is 3.75. The standard InChI is InChI=1S/C24H25N3O2S2/c1-26(14-16-4-6-17(7-5-16)22(28)25-18-8-9-18)23(29)21-19-10-13-30-15-20(19)31-24(21)27-11-2-3-12-27/h2-7,11-12,18H,8-10,13-15H2,1H3,(H,25,28). The number of nitrogens with zero attached hydrogens (tertiary/aromatic N) is 2. The Morgan fingerprint density at radius 1 is 1.16 bits per heavy atom. The molecular formula is C24H25N3O2S2. The van der Waals surface area contributed by atoms with Gasteiger partial charge in [0.1, 0.15) is 5.00 Å². The lowest BCUT2D eigenvalue weighted by Crippen LogP contribution is -2.28. The van der Waals surface area contributed by atoms with Crippen LogP contribution in [0.5, 0.6) is 0 Å². The molecule has 31 heavy (non-hydrogen) atoms. The molecule has 0 saturated heterocycles. The smallest absolute Gasteiger partial charge is 0.257 e. The predicted octanol–water partition coefficient (Wildman–Crippen LogP) is 4.49. The summed E-state index contributed by atoms with van der Waals surface area (Å²) in [5.74, 6) is 2.08. The fourth-order valence-electron chi connectivity index (χ4n) is 3.88. The zero-order valence-electron chi connectivity index (χ0n) is 17.5. The Hall–Kier alpha value is -2.51. The quantitative estimate of drug-likeness (QED) is 0.601. The normalized spacial score (nSPS) is 15.4. The summed E-state index contributed by atoms with van der Waals surface area (Å²) in [6.45, 7) is 0.508. The lowest BCUT2D eigenvalue weighted by molar-refractivity contribution is 0.0784. The van der Waals surface area contributed by atoms with Crippen LogP contribution in [0.1, 0.15) is 49.6 Å². The Balaban J connectivity index is 1.35. The fraction of sp³-hybridized carbons (Fsp3) is 0.333. The predicted molar refractivity (Wildman–Crippen MR) is 126 cm³/mol. The first-order chi connectivity index (χ1) is 15.1. The van der Waals surface area contributed by atoms with Crippen LogP contribution in [0.4, 0.5) is 0 Å². The molecule has 160 valence electrons. The van der Waals surface area contributed by atoms with Crippen molar-refractivity contribution in [3.8, 4) is 5.00 Å². The first-order valence-corrected chi connectivity index (χ1v) is 12.6. The van der Waals surface area contributed by atoms with E-state index in [9.17, 15) is 9.59 Å². The molecule has 0 unspecified atom stereocenters. The van der Waals surface area contributed by atoms with E-state index in [0.29, 0.717) is 18.2 Å². The van der Waals surface area contributed by atoms with Crippen molar-refractivity contribution in [1.82, 2.24) is 14.8 Å². The molecule has 3 aromatic rings. The molecule has 2 aliphatic rings. The van der Waals surface area contributed by atoms with Gasteiger partial charge >= 0.3 is 0 Å². The number of nitrogens with one attached hydrogen (secondary N) is 1. The van der Waals surface area contributed by atoms with Gasteiger partial charge in [-0.05, 0) is 60.4 Å². The van der Waals surface area contributed by atoms with E-state index in [1.807, 2.05) is 67.6 Å². The summed E-state index contributed by atoms with van der Waals surface area (Å²) in [7, 11) is 1.86. The van der Waals surface area contributed by atoms with Gasteiger partial charge in [-0.2, -0.15) is 11.8 Å². The number of carbonyl (C=O) groups excluding carboxylic acids is 2. The van der Waals surface area contributed by atoms with Crippen LogP contribution in [-0.4, -0.2) is 40.1 Å². The van der Waals surface area contributed by atoms with E-state index < -0.39 is 0 Å². The number of benzene rings is 1. The van der Waals surface area contributed by atoms with Crippen LogP contribution in [-0.2, 0) is 18.7 Å². The Kier molecular flexibility index (Phi) is 5.63. The van der Waals surface area contributed by atoms with Gasteiger partial charge in [-0.15, -0.1) is 11.3 Å². The number of rotatable bonds is 6. The molecular weight excluding hydrogens is 426 g/mol. The lowest BCUT2D eigenvalue weighted by atomic mass is 10.1. The van der Waals surface area contributed by atoms with Crippen LogP contribution in [0.15, 0.2) is 48.8 Å². The second kappa shape index (κ2) is 8.55. The van der Waals surface area contributed by atoms with Crippen molar-refractivity contribution in [2.24, 2.45) is 0 Å². The van der Waals surface area contributed by atoms with Crippen molar-refractivity contribution >= 4 is 34.9 Å². The monoisotopic (exact) mass is 451 g/mol. The average Bonchev–Trinajstić information content (AvgIpc) is 3.27. The number of hydrogen-bond acceptors (Lipinski definition) is 4. The van der Waals surface area contributed by atoms with Gasteiger partial charge in [0.2, 0.25) is 0 Å². The van der Waals surface area contributed by atoms with E-state index in [1.54, 1.807) is 16.2 Å². The number of thioether (sulfide) groups is 1. The fourth-order valence-corrected chi connectivity index (χ4v) is 6.32. The van der Waals surface area contributed by atoms with Crippen molar-refractivity contribution in [2.75, 3.05) is 12.8 Å². The van der Waals surface area contributed by atoms with Gasteiger partial charge in [0, 0.05) is 48.2 Å². The van der Waals surface area contributed by atoms with Crippen LogP contribution in [0.25, 0.3) is 5.00 Å². The van der Waals surface area contributed by atoms with Gasteiger partial charge in [-0.1, -0.05) is 12.1 Å². The van der Waals surface area contributed by atoms with Crippen LogP contribution >= 0.6 is 23.1 Å². The number of fused-ring (bicyclic) bond motifs is 1. The van der Waals surface area contributed by atoms with Crippen LogP contribution < -0.4 is 5.32 Å². The van der Waals surface area contributed by atoms with Crippen molar-refractivity contribution in [2.45, 2.75) is 37.6 Å². The van der Waals surface area contributed by atoms with Gasteiger partial charge in [-0.3, -0.25) is 9.59 Å². The second-order valence-corrected chi connectivity index (χ2v) is 10.4. The molecule has 0 atom stereocenters. The molecule has 1 fully saturated rings.